The van der Waals surface area contributed by atoms with Crippen LogP contribution in [0.3, 0.4) is 0 Å². The first kappa shape index (κ1) is 32.6. The molecule has 2 saturated heterocycles. The number of ether oxygens (including phenoxy) is 5. The molecule has 5 rings (SSSR count). The highest BCUT2D eigenvalue weighted by molar-refractivity contribution is 5.88. The van der Waals surface area contributed by atoms with E-state index in [2.05, 4.69) is 0 Å². The molecule has 2 aliphatic rings. The van der Waals surface area contributed by atoms with Gasteiger partial charge in [0.05, 0.1) is 20.3 Å². The normalized spacial score (nSPS) is 32.0. The molecule has 17 heteroatoms. The van der Waals surface area contributed by atoms with Gasteiger partial charge in [0.2, 0.25) is 17.5 Å². The number of benzene rings is 2. The quantitative estimate of drug-likeness (QED) is 0.115. The summed E-state index contributed by atoms with van der Waals surface area (Å²) in [6, 6.07) is 5.83. The number of phenolic OH excluding ortho intramolecular Hbond substituents is 3. The summed E-state index contributed by atoms with van der Waals surface area (Å²) in [7, 11) is 1.31. The summed E-state index contributed by atoms with van der Waals surface area (Å²) < 4.78 is 33.1. The van der Waals surface area contributed by atoms with Gasteiger partial charge in [-0.05, 0) is 18.2 Å². The number of aliphatic hydroxyl groups excluding tert-OH is 7. The van der Waals surface area contributed by atoms with Gasteiger partial charge in [-0.25, -0.2) is 0 Å². The Hall–Kier alpha value is -3.75. The third-order valence-electron chi connectivity index (χ3n) is 7.57. The van der Waals surface area contributed by atoms with Gasteiger partial charge >= 0.3 is 0 Å². The average molecular weight is 641 g/mol. The van der Waals surface area contributed by atoms with E-state index in [0.717, 1.165) is 18.2 Å². The van der Waals surface area contributed by atoms with Gasteiger partial charge in [0.25, 0.3) is 0 Å². The van der Waals surface area contributed by atoms with Crippen molar-refractivity contribution < 1.29 is 79.2 Å². The van der Waals surface area contributed by atoms with Crippen LogP contribution in [0.15, 0.2) is 39.5 Å². The van der Waals surface area contributed by atoms with E-state index in [0.29, 0.717) is 0 Å². The molecule has 0 saturated carbocycles. The number of fused-ring (bicyclic) bond motifs is 1. The zero-order chi connectivity index (χ0) is 32.7. The van der Waals surface area contributed by atoms with Crippen LogP contribution in [0.5, 0.6) is 28.7 Å². The summed E-state index contributed by atoms with van der Waals surface area (Å²) in [6.45, 7) is -1.65. The Kier molecular flexibility index (Phi) is 9.38. The smallest absolute Gasteiger partial charge is 0.239 e. The Morgan fingerprint density at radius 3 is 2.07 bits per heavy atom. The lowest BCUT2D eigenvalue weighted by Gasteiger charge is -2.45. The molecular formula is C28H32O17. The molecule has 17 nitrogen and oxygen atoms in total. The lowest BCUT2D eigenvalue weighted by Crippen LogP contribution is -2.65. The van der Waals surface area contributed by atoms with Crippen molar-refractivity contribution in [3.63, 3.8) is 0 Å². The van der Waals surface area contributed by atoms with Gasteiger partial charge in [-0.3, -0.25) is 4.79 Å². The Balaban J connectivity index is 1.50. The molecule has 0 bridgehead atoms. The molecule has 10 N–H and O–H groups in total. The van der Waals surface area contributed by atoms with Gasteiger partial charge in [-0.2, -0.15) is 0 Å². The Morgan fingerprint density at radius 1 is 0.756 bits per heavy atom. The average Bonchev–Trinajstić information content (AvgIpc) is 3.02. The number of aromatic hydroxyl groups is 3. The second-order valence-electron chi connectivity index (χ2n) is 10.4. The fraction of sp³-hybridized carbons (Fsp3) is 0.464. The van der Waals surface area contributed by atoms with E-state index in [1.165, 1.54) is 19.2 Å². The number of methoxy groups -OCH3 is 1. The van der Waals surface area contributed by atoms with Crippen LogP contribution >= 0.6 is 0 Å². The van der Waals surface area contributed by atoms with Crippen LogP contribution in [0.1, 0.15) is 0 Å². The van der Waals surface area contributed by atoms with Crippen molar-refractivity contribution in [3.05, 3.63) is 40.6 Å². The first-order valence-electron chi connectivity index (χ1n) is 13.5. The SMILES string of the molecule is COc1cc(O)c2c(=O)c(OC3OC(CO)C(OC4OC(CO)C(O)C(O)C4O)C(O)C3O)c(-c3ccc(O)c(O)c3)oc2c1. The second kappa shape index (κ2) is 12.9. The molecule has 10 atom stereocenters. The molecule has 2 aliphatic heterocycles. The van der Waals surface area contributed by atoms with Crippen LogP contribution < -0.4 is 14.9 Å². The maximum Gasteiger partial charge on any atom is 0.239 e. The van der Waals surface area contributed by atoms with E-state index in [9.17, 15) is 55.9 Å². The fourth-order valence-corrected chi connectivity index (χ4v) is 5.11. The van der Waals surface area contributed by atoms with Crippen molar-refractivity contribution in [2.75, 3.05) is 20.3 Å². The molecule has 0 radical (unpaired) electrons. The minimum absolute atomic E-state index is 0.00464. The Bertz CT molecular complexity index is 1570. The van der Waals surface area contributed by atoms with Crippen LogP contribution in [-0.2, 0) is 14.2 Å². The molecular weight excluding hydrogens is 608 g/mol. The van der Waals surface area contributed by atoms with E-state index in [1.807, 2.05) is 0 Å². The van der Waals surface area contributed by atoms with Gasteiger partial charge in [-0.1, -0.05) is 0 Å². The van der Waals surface area contributed by atoms with E-state index in [1.54, 1.807) is 0 Å². The molecule has 45 heavy (non-hydrogen) atoms. The number of aliphatic hydroxyl groups is 7. The van der Waals surface area contributed by atoms with E-state index < -0.39 is 103 Å². The summed E-state index contributed by atoms with van der Waals surface area (Å²) in [4.78, 5) is 13.7. The summed E-state index contributed by atoms with van der Waals surface area (Å²) in [5.74, 6) is -2.55. The highest BCUT2D eigenvalue weighted by atomic mass is 16.7. The van der Waals surface area contributed by atoms with Crippen LogP contribution in [-0.4, -0.2) is 133 Å². The van der Waals surface area contributed by atoms with Crippen LogP contribution in [0, 0.1) is 0 Å². The molecule has 10 unspecified atom stereocenters. The highest BCUT2D eigenvalue weighted by Gasteiger charge is 2.51. The number of phenols is 3. The van der Waals surface area contributed by atoms with E-state index in [4.69, 9.17) is 28.1 Å². The molecule has 3 heterocycles. The number of hydrogen-bond donors (Lipinski definition) is 10. The maximum absolute atomic E-state index is 13.7. The van der Waals surface area contributed by atoms with Crippen molar-refractivity contribution in [1.29, 1.82) is 0 Å². The molecule has 2 fully saturated rings. The lowest BCUT2D eigenvalue weighted by molar-refractivity contribution is -0.352. The Morgan fingerprint density at radius 2 is 1.42 bits per heavy atom. The van der Waals surface area contributed by atoms with Crippen LogP contribution in [0.4, 0.5) is 0 Å². The number of rotatable bonds is 8. The minimum Gasteiger partial charge on any atom is -0.507 e. The largest absolute Gasteiger partial charge is 0.507 e. The lowest BCUT2D eigenvalue weighted by atomic mass is 9.97. The van der Waals surface area contributed by atoms with Gasteiger partial charge in [0, 0.05) is 17.7 Å². The second-order valence-corrected chi connectivity index (χ2v) is 10.4. The van der Waals surface area contributed by atoms with Gasteiger partial charge in [0.15, 0.2) is 23.5 Å². The van der Waals surface area contributed by atoms with Crippen LogP contribution in [0.2, 0.25) is 0 Å². The summed E-state index contributed by atoms with van der Waals surface area (Å²) in [6.07, 6.45) is -17.6. The first-order chi connectivity index (χ1) is 21.4. The summed E-state index contributed by atoms with van der Waals surface area (Å²) in [5, 5.41) is 102. The van der Waals surface area contributed by atoms with E-state index in [-0.39, 0.29) is 28.0 Å². The van der Waals surface area contributed by atoms with Crippen molar-refractivity contribution in [2.24, 2.45) is 0 Å². The van der Waals surface area contributed by atoms with Crippen molar-refractivity contribution >= 4 is 11.0 Å². The molecule has 246 valence electrons. The summed E-state index contributed by atoms with van der Waals surface area (Å²) >= 11 is 0. The van der Waals surface area contributed by atoms with E-state index >= 15 is 0 Å². The third-order valence-corrected chi connectivity index (χ3v) is 7.57. The number of hydrogen-bond acceptors (Lipinski definition) is 17. The fourth-order valence-electron chi connectivity index (χ4n) is 5.11. The van der Waals surface area contributed by atoms with Crippen molar-refractivity contribution in [1.82, 2.24) is 0 Å². The maximum atomic E-state index is 13.7. The molecule has 0 aliphatic carbocycles. The topological polar surface area (TPSA) is 279 Å². The predicted molar refractivity (Wildman–Crippen MR) is 146 cm³/mol. The van der Waals surface area contributed by atoms with Crippen molar-refractivity contribution in [3.8, 4) is 40.1 Å². The molecule has 2 aromatic carbocycles. The zero-order valence-corrected chi connectivity index (χ0v) is 23.4. The van der Waals surface area contributed by atoms with Gasteiger partial charge in [0.1, 0.15) is 71.3 Å². The summed E-state index contributed by atoms with van der Waals surface area (Å²) in [5.41, 5.74) is -1.15. The Labute approximate surface area is 252 Å². The monoisotopic (exact) mass is 640 g/mol. The molecule has 1 aromatic heterocycles. The van der Waals surface area contributed by atoms with Crippen molar-refractivity contribution in [2.45, 2.75) is 61.4 Å². The van der Waals surface area contributed by atoms with Gasteiger partial charge in [-0.15, -0.1) is 0 Å². The molecule has 3 aromatic rings. The predicted octanol–water partition coefficient (Wildman–Crippen LogP) is -2.41. The van der Waals surface area contributed by atoms with Crippen LogP contribution in [0.25, 0.3) is 22.3 Å². The molecule has 0 amide bonds. The van der Waals surface area contributed by atoms with Gasteiger partial charge < -0.3 is 79.2 Å². The zero-order valence-electron chi connectivity index (χ0n) is 23.4. The highest BCUT2D eigenvalue weighted by Crippen LogP contribution is 2.40. The molecule has 0 spiro atoms. The first-order valence-corrected chi connectivity index (χ1v) is 13.5. The third kappa shape index (κ3) is 5.98. The minimum atomic E-state index is -2.02. The standard InChI is InChI=1S/C28H32O17/c1-40-10-5-13(33)17-14(6-10)41-24(9-2-3-11(31)12(32)4-9)26(19(17)35)45-28-23(39)21(37)25(16(8-30)43-28)44-27-22(38)20(36)18(34)15(7-29)42-27/h2-6,15-16,18,20-23,25,27-34,36-39H,7-8H2,1H3.